The minimum absolute atomic E-state index is 0.0128. The molecule has 0 spiro atoms. The molecule has 0 aliphatic carbocycles. The normalized spacial score (nSPS) is 21.7. The number of methoxy groups -OCH3 is 1. The molecule has 2 atom stereocenters. The van der Waals surface area contributed by atoms with Crippen molar-refractivity contribution in [3.05, 3.63) is 39.4 Å². The van der Waals surface area contributed by atoms with E-state index in [4.69, 9.17) is 4.74 Å². The molecule has 0 aromatic heterocycles. The van der Waals surface area contributed by atoms with Crippen LogP contribution in [0.2, 0.25) is 0 Å². The molecule has 7 nitrogen and oxygen atoms in total. The van der Waals surface area contributed by atoms with Crippen molar-refractivity contribution in [2.24, 2.45) is 0 Å². The van der Waals surface area contributed by atoms with Gasteiger partial charge in [-0.25, -0.2) is 0 Å². The fourth-order valence-corrected chi connectivity index (χ4v) is 2.30. The van der Waals surface area contributed by atoms with Crippen molar-refractivity contribution in [3.8, 4) is 0 Å². The maximum atomic E-state index is 12.1. The third-order valence-corrected chi connectivity index (χ3v) is 3.43. The number of ether oxygens (including phenoxy) is 1. The van der Waals surface area contributed by atoms with Gasteiger partial charge in [-0.15, -0.1) is 0 Å². The fourth-order valence-electron chi connectivity index (χ4n) is 2.30. The van der Waals surface area contributed by atoms with E-state index in [2.05, 4.69) is 10.6 Å². The number of nitrogens with one attached hydrogen (secondary N) is 2. The lowest BCUT2D eigenvalue weighted by Gasteiger charge is -2.18. The molecule has 1 amide bonds. The van der Waals surface area contributed by atoms with E-state index in [9.17, 15) is 14.9 Å². The van der Waals surface area contributed by atoms with Crippen molar-refractivity contribution < 1.29 is 14.5 Å². The number of benzene rings is 1. The van der Waals surface area contributed by atoms with E-state index >= 15 is 0 Å². The molecule has 0 bridgehead atoms. The van der Waals surface area contributed by atoms with Gasteiger partial charge in [-0.1, -0.05) is 0 Å². The maximum absolute atomic E-state index is 12.1. The molecule has 20 heavy (non-hydrogen) atoms. The number of nitro benzene ring substituents is 1. The minimum Gasteiger partial charge on any atom is -0.378 e. The van der Waals surface area contributed by atoms with Gasteiger partial charge in [-0.05, 0) is 19.1 Å². The quantitative estimate of drug-likeness (QED) is 0.622. The number of rotatable bonds is 4. The Morgan fingerprint density at radius 3 is 2.85 bits per heavy atom. The van der Waals surface area contributed by atoms with E-state index in [-0.39, 0.29) is 23.7 Å². The smallest absolute Gasteiger partial charge is 0.272 e. The summed E-state index contributed by atoms with van der Waals surface area (Å²) >= 11 is 0. The van der Waals surface area contributed by atoms with E-state index < -0.39 is 4.92 Å². The zero-order chi connectivity index (χ0) is 14.7. The molecule has 108 valence electrons. The first kappa shape index (κ1) is 14.4. The van der Waals surface area contributed by atoms with Crippen molar-refractivity contribution in [1.82, 2.24) is 10.6 Å². The minimum atomic E-state index is -0.459. The van der Waals surface area contributed by atoms with Gasteiger partial charge in [0.05, 0.1) is 17.1 Å². The molecule has 1 unspecified atom stereocenters. The van der Waals surface area contributed by atoms with Crippen LogP contribution >= 0.6 is 0 Å². The highest BCUT2D eigenvalue weighted by atomic mass is 16.6. The molecule has 0 saturated carbocycles. The summed E-state index contributed by atoms with van der Waals surface area (Å²) in [5, 5.41) is 16.8. The summed E-state index contributed by atoms with van der Waals surface area (Å²) in [5.74, 6) is -0.251. The lowest BCUT2D eigenvalue weighted by molar-refractivity contribution is -0.385. The highest BCUT2D eigenvalue weighted by Gasteiger charge is 2.28. The summed E-state index contributed by atoms with van der Waals surface area (Å²) in [6, 6.07) is 4.25. The van der Waals surface area contributed by atoms with Gasteiger partial charge in [0, 0.05) is 37.4 Å². The second-order valence-corrected chi connectivity index (χ2v) is 4.77. The van der Waals surface area contributed by atoms with Crippen molar-refractivity contribution >= 4 is 11.6 Å². The van der Waals surface area contributed by atoms with Crippen LogP contribution in [0, 0.1) is 17.0 Å². The first-order valence-corrected chi connectivity index (χ1v) is 6.32. The lowest BCUT2D eigenvalue weighted by Crippen LogP contribution is -2.43. The largest absolute Gasteiger partial charge is 0.378 e. The molecular formula is C13H17N3O4. The molecule has 1 heterocycles. The average molecular weight is 279 g/mol. The Hall–Kier alpha value is -1.99. The number of hydrogen-bond donors (Lipinski definition) is 2. The third kappa shape index (κ3) is 2.94. The number of aryl methyl sites for hydroxylation is 1. The van der Waals surface area contributed by atoms with E-state index in [1.165, 1.54) is 18.2 Å². The Bertz CT molecular complexity index is 532. The zero-order valence-corrected chi connectivity index (χ0v) is 11.4. The predicted molar refractivity (Wildman–Crippen MR) is 72.8 cm³/mol. The molecule has 7 heteroatoms. The summed E-state index contributed by atoms with van der Waals surface area (Å²) in [7, 11) is 1.60. The number of hydrogen-bond acceptors (Lipinski definition) is 5. The molecule has 0 radical (unpaired) electrons. The van der Waals surface area contributed by atoms with Gasteiger partial charge in [0.2, 0.25) is 0 Å². The van der Waals surface area contributed by atoms with Crippen LogP contribution in [-0.4, -0.2) is 43.2 Å². The Morgan fingerprint density at radius 1 is 1.50 bits per heavy atom. The highest BCUT2D eigenvalue weighted by molar-refractivity contribution is 5.95. The Kier molecular flexibility index (Phi) is 4.31. The molecule has 2 rings (SSSR count). The van der Waals surface area contributed by atoms with E-state index in [0.29, 0.717) is 24.2 Å². The number of nitro groups is 1. The van der Waals surface area contributed by atoms with Gasteiger partial charge < -0.3 is 15.4 Å². The Labute approximate surface area is 116 Å². The van der Waals surface area contributed by atoms with Crippen LogP contribution in [-0.2, 0) is 4.74 Å². The lowest BCUT2D eigenvalue weighted by atomic mass is 10.1. The molecular weight excluding hydrogens is 262 g/mol. The molecule has 2 N–H and O–H groups in total. The second kappa shape index (κ2) is 5.98. The van der Waals surface area contributed by atoms with Gasteiger partial charge in [0.1, 0.15) is 0 Å². The van der Waals surface area contributed by atoms with E-state index in [1.54, 1.807) is 14.0 Å². The number of carbonyl (C=O) groups is 1. The second-order valence-electron chi connectivity index (χ2n) is 4.77. The Balaban J connectivity index is 2.10. The van der Waals surface area contributed by atoms with Crippen LogP contribution in [0.1, 0.15) is 15.9 Å². The molecule has 1 aliphatic rings. The number of nitrogens with zero attached hydrogens (tertiary/aromatic N) is 1. The number of amides is 1. The summed E-state index contributed by atoms with van der Waals surface area (Å²) in [4.78, 5) is 22.4. The molecule has 1 aromatic rings. The van der Waals surface area contributed by atoms with E-state index in [1.807, 2.05) is 0 Å². The van der Waals surface area contributed by atoms with E-state index in [0.717, 1.165) is 0 Å². The van der Waals surface area contributed by atoms with Crippen LogP contribution in [0.5, 0.6) is 0 Å². The fraction of sp³-hybridized carbons (Fsp3) is 0.462. The zero-order valence-electron chi connectivity index (χ0n) is 11.4. The van der Waals surface area contributed by atoms with Crippen LogP contribution in [0.15, 0.2) is 18.2 Å². The van der Waals surface area contributed by atoms with Crippen molar-refractivity contribution in [2.45, 2.75) is 19.1 Å². The molecule has 1 fully saturated rings. The summed E-state index contributed by atoms with van der Waals surface area (Å²) in [6.07, 6.45) is -0.0573. The molecule has 1 saturated heterocycles. The average Bonchev–Trinajstić information content (AvgIpc) is 2.85. The highest BCUT2D eigenvalue weighted by Crippen LogP contribution is 2.19. The van der Waals surface area contributed by atoms with Crippen LogP contribution in [0.3, 0.4) is 0 Å². The summed E-state index contributed by atoms with van der Waals surface area (Å²) in [5.41, 5.74) is 0.893. The monoisotopic (exact) mass is 279 g/mol. The standard InChI is InChI=1S/C13H17N3O4/c1-8-5-9(3-4-11(8)16(18)19)13(17)15-10-6-14-7-12(10)20-2/h3-5,10,12,14H,6-7H2,1-2H3,(H,15,17)/t10?,12-/m0/s1. The van der Waals surface area contributed by atoms with Crippen molar-refractivity contribution in [2.75, 3.05) is 20.2 Å². The third-order valence-electron chi connectivity index (χ3n) is 3.43. The Morgan fingerprint density at radius 2 is 2.25 bits per heavy atom. The van der Waals surface area contributed by atoms with Crippen LogP contribution < -0.4 is 10.6 Å². The summed E-state index contributed by atoms with van der Waals surface area (Å²) in [6.45, 7) is 2.96. The molecule has 1 aliphatic heterocycles. The van der Waals surface area contributed by atoms with Crippen molar-refractivity contribution in [3.63, 3.8) is 0 Å². The summed E-state index contributed by atoms with van der Waals surface area (Å²) < 4.78 is 5.27. The van der Waals surface area contributed by atoms with Gasteiger partial charge in [-0.2, -0.15) is 0 Å². The number of carbonyl (C=O) groups excluding carboxylic acids is 1. The first-order chi connectivity index (χ1) is 9.52. The van der Waals surface area contributed by atoms with Crippen LogP contribution in [0.4, 0.5) is 5.69 Å². The van der Waals surface area contributed by atoms with Crippen molar-refractivity contribution in [1.29, 1.82) is 0 Å². The van der Waals surface area contributed by atoms with Gasteiger partial charge in [0.25, 0.3) is 11.6 Å². The maximum Gasteiger partial charge on any atom is 0.272 e. The van der Waals surface area contributed by atoms with Gasteiger partial charge in [0.15, 0.2) is 0 Å². The van der Waals surface area contributed by atoms with Crippen LogP contribution in [0.25, 0.3) is 0 Å². The van der Waals surface area contributed by atoms with Gasteiger partial charge in [-0.3, -0.25) is 14.9 Å². The first-order valence-electron chi connectivity index (χ1n) is 6.32. The van der Waals surface area contributed by atoms with Gasteiger partial charge >= 0.3 is 0 Å². The SMILES string of the molecule is CO[C@H]1CNCC1NC(=O)c1ccc([N+](=O)[O-])c(C)c1. The topological polar surface area (TPSA) is 93.5 Å². The predicted octanol–water partition coefficient (Wildman–Crippen LogP) is 0.620. The molecule has 1 aromatic carbocycles.